The Morgan fingerprint density at radius 3 is 2.54 bits per heavy atom. The lowest BCUT2D eigenvalue weighted by Gasteiger charge is -2.34. The van der Waals surface area contributed by atoms with Crippen molar-refractivity contribution in [3.8, 4) is 6.07 Å². The largest absolute Gasteiger partial charge is 0.371 e. The number of para-hydroxylation sites is 1. The van der Waals surface area contributed by atoms with Crippen LogP contribution >= 0.6 is 0 Å². The summed E-state index contributed by atoms with van der Waals surface area (Å²) in [5, 5.41) is 8.95. The van der Waals surface area contributed by atoms with Gasteiger partial charge in [0.15, 0.2) is 0 Å². The molecule has 0 unspecified atom stereocenters. The summed E-state index contributed by atoms with van der Waals surface area (Å²) in [6.07, 6.45) is 7.22. The Labute approximate surface area is 167 Å². The highest BCUT2D eigenvalue weighted by Gasteiger charge is 2.21. The molecule has 2 aromatic carbocycles. The van der Waals surface area contributed by atoms with E-state index in [4.69, 9.17) is 5.26 Å². The summed E-state index contributed by atoms with van der Waals surface area (Å²) < 4.78 is 2.31. The number of hydrogen-bond acceptors (Lipinski definition) is 3. The normalized spacial score (nSPS) is 14.8. The van der Waals surface area contributed by atoms with E-state index in [0.717, 1.165) is 26.1 Å². The smallest absolute Gasteiger partial charge is 0.0991 e. The van der Waals surface area contributed by atoms with Crippen LogP contribution in [0.2, 0.25) is 0 Å². The molecule has 1 aliphatic rings. The Hall–Kier alpha value is -3.06. The van der Waals surface area contributed by atoms with Gasteiger partial charge in [0.2, 0.25) is 0 Å². The molecule has 142 valence electrons. The van der Waals surface area contributed by atoms with Crippen LogP contribution in [-0.4, -0.2) is 22.6 Å². The quantitative estimate of drug-likeness (QED) is 0.661. The van der Waals surface area contributed by atoms with Crippen molar-refractivity contribution in [2.45, 2.75) is 32.7 Å². The number of rotatable bonds is 5. The first kappa shape index (κ1) is 18.3. The number of benzene rings is 2. The Bertz CT molecular complexity index is 957. The summed E-state index contributed by atoms with van der Waals surface area (Å²) in [6.45, 7) is 5.47. The lowest BCUT2D eigenvalue weighted by Crippen LogP contribution is -2.35. The fourth-order valence-corrected chi connectivity index (χ4v) is 4.12. The molecule has 28 heavy (non-hydrogen) atoms. The van der Waals surface area contributed by atoms with E-state index < -0.39 is 0 Å². The second-order valence-corrected chi connectivity index (χ2v) is 7.74. The van der Waals surface area contributed by atoms with Gasteiger partial charge >= 0.3 is 0 Å². The number of aromatic nitrogens is 2. The minimum Gasteiger partial charge on any atom is -0.371 e. The van der Waals surface area contributed by atoms with Crippen molar-refractivity contribution in [2.24, 2.45) is 5.92 Å². The first-order valence-corrected chi connectivity index (χ1v) is 10.0. The molecular formula is C24H26N4. The second-order valence-electron chi connectivity index (χ2n) is 7.74. The number of piperidine rings is 1. The summed E-state index contributed by atoms with van der Waals surface area (Å²) in [6, 6.07) is 18.7. The summed E-state index contributed by atoms with van der Waals surface area (Å²) in [4.78, 5) is 6.92. The highest BCUT2D eigenvalue weighted by molar-refractivity contribution is 5.53. The van der Waals surface area contributed by atoms with Gasteiger partial charge < -0.3 is 9.47 Å². The average molecular weight is 371 g/mol. The van der Waals surface area contributed by atoms with Crippen molar-refractivity contribution < 1.29 is 0 Å². The maximum absolute atomic E-state index is 8.95. The van der Waals surface area contributed by atoms with Crippen molar-refractivity contribution in [1.29, 1.82) is 5.26 Å². The third kappa shape index (κ3) is 4.09. The molecule has 0 aliphatic carbocycles. The zero-order valence-electron chi connectivity index (χ0n) is 16.4. The van der Waals surface area contributed by atoms with Gasteiger partial charge in [-0.15, -0.1) is 0 Å². The molecule has 1 aliphatic heterocycles. The molecular weight excluding hydrogens is 344 g/mol. The van der Waals surface area contributed by atoms with E-state index in [-0.39, 0.29) is 0 Å². The summed E-state index contributed by atoms with van der Waals surface area (Å²) in [5.74, 6) is 0.689. The van der Waals surface area contributed by atoms with Crippen LogP contribution in [0, 0.1) is 24.2 Å². The highest BCUT2D eigenvalue weighted by Crippen LogP contribution is 2.27. The molecule has 0 atom stereocenters. The van der Waals surface area contributed by atoms with Crippen molar-refractivity contribution in [2.75, 3.05) is 18.0 Å². The highest BCUT2D eigenvalue weighted by atomic mass is 15.1. The summed E-state index contributed by atoms with van der Waals surface area (Å²) in [5.41, 5.74) is 5.91. The number of aryl methyl sites for hydroxylation is 1. The molecule has 1 saturated heterocycles. The Kier molecular flexibility index (Phi) is 5.43. The van der Waals surface area contributed by atoms with E-state index in [9.17, 15) is 0 Å². The lowest BCUT2D eigenvalue weighted by molar-refractivity contribution is 0.353. The summed E-state index contributed by atoms with van der Waals surface area (Å²) >= 11 is 0. The fourth-order valence-electron chi connectivity index (χ4n) is 4.12. The number of nitrogens with zero attached hydrogens (tertiary/aromatic N) is 4. The maximum atomic E-state index is 8.95. The Morgan fingerprint density at radius 2 is 1.82 bits per heavy atom. The zero-order chi connectivity index (χ0) is 19.3. The molecule has 0 radical (unpaired) electrons. The van der Waals surface area contributed by atoms with E-state index in [1.165, 1.54) is 35.3 Å². The van der Waals surface area contributed by atoms with E-state index >= 15 is 0 Å². The van der Waals surface area contributed by atoms with Gasteiger partial charge in [0.05, 0.1) is 18.0 Å². The van der Waals surface area contributed by atoms with Crippen LogP contribution < -0.4 is 4.90 Å². The van der Waals surface area contributed by atoms with E-state index in [2.05, 4.69) is 51.7 Å². The van der Waals surface area contributed by atoms with Gasteiger partial charge in [-0.05, 0) is 55.0 Å². The molecule has 0 amide bonds. The number of nitriles is 1. The standard InChI is InChI=1S/C24H26N4/c1-19-4-2-3-5-24(19)27-12-10-22(11-13-27)17-28-18-26-16-23(28)14-20-6-8-21(15-25)9-7-20/h2-9,16,18,22H,10-14,17H2,1H3. The van der Waals surface area contributed by atoms with Gasteiger partial charge in [0, 0.05) is 43.6 Å². The van der Waals surface area contributed by atoms with Crippen molar-refractivity contribution in [3.05, 3.63) is 83.4 Å². The molecule has 1 aromatic heterocycles. The third-order valence-electron chi connectivity index (χ3n) is 5.79. The van der Waals surface area contributed by atoms with Crippen LogP contribution in [0.15, 0.2) is 61.1 Å². The molecule has 1 fully saturated rings. The van der Waals surface area contributed by atoms with Crippen LogP contribution in [0.5, 0.6) is 0 Å². The predicted molar refractivity (Wildman–Crippen MR) is 112 cm³/mol. The molecule has 0 spiro atoms. The maximum Gasteiger partial charge on any atom is 0.0991 e. The molecule has 4 nitrogen and oxygen atoms in total. The van der Waals surface area contributed by atoms with Gasteiger partial charge in [0.25, 0.3) is 0 Å². The first-order chi connectivity index (χ1) is 13.7. The number of imidazole rings is 1. The van der Waals surface area contributed by atoms with Crippen LogP contribution in [0.25, 0.3) is 0 Å². The van der Waals surface area contributed by atoms with Gasteiger partial charge in [-0.25, -0.2) is 4.98 Å². The topological polar surface area (TPSA) is 44.9 Å². The van der Waals surface area contributed by atoms with Crippen molar-refractivity contribution in [1.82, 2.24) is 9.55 Å². The fraction of sp³-hybridized carbons (Fsp3) is 0.333. The lowest BCUT2D eigenvalue weighted by atomic mass is 9.95. The predicted octanol–water partition coefficient (Wildman–Crippen LogP) is 4.57. The zero-order valence-corrected chi connectivity index (χ0v) is 16.4. The minimum absolute atomic E-state index is 0.689. The molecule has 0 saturated carbocycles. The Morgan fingerprint density at radius 1 is 1.07 bits per heavy atom. The Balaban J connectivity index is 1.36. The third-order valence-corrected chi connectivity index (χ3v) is 5.79. The first-order valence-electron chi connectivity index (χ1n) is 10.0. The molecule has 4 rings (SSSR count). The number of hydrogen-bond donors (Lipinski definition) is 0. The molecule has 0 bridgehead atoms. The van der Waals surface area contributed by atoms with Crippen LogP contribution in [0.1, 0.15) is 35.2 Å². The minimum atomic E-state index is 0.689. The van der Waals surface area contributed by atoms with Crippen molar-refractivity contribution in [3.63, 3.8) is 0 Å². The second kappa shape index (κ2) is 8.31. The summed E-state index contributed by atoms with van der Waals surface area (Å²) in [7, 11) is 0. The van der Waals surface area contributed by atoms with E-state index in [1.807, 2.05) is 36.8 Å². The molecule has 0 N–H and O–H groups in total. The van der Waals surface area contributed by atoms with E-state index in [1.54, 1.807) is 0 Å². The molecule has 3 aromatic rings. The van der Waals surface area contributed by atoms with Crippen molar-refractivity contribution >= 4 is 5.69 Å². The molecule has 4 heteroatoms. The van der Waals surface area contributed by atoms with E-state index in [0.29, 0.717) is 11.5 Å². The average Bonchev–Trinajstić information content (AvgIpc) is 3.16. The van der Waals surface area contributed by atoms with Crippen LogP contribution in [-0.2, 0) is 13.0 Å². The monoisotopic (exact) mass is 370 g/mol. The SMILES string of the molecule is Cc1ccccc1N1CCC(Cn2cncc2Cc2ccc(C#N)cc2)CC1. The van der Waals surface area contributed by atoms with Gasteiger partial charge in [0.1, 0.15) is 0 Å². The van der Waals surface area contributed by atoms with Crippen LogP contribution in [0.4, 0.5) is 5.69 Å². The van der Waals surface area contributed by atoms with Gasteiger partial charge in [-0.1, -0.05) is 30.3 Å². The van der Waals surface area contributed by atoms with Crippen LogP contribution in [0.3, 0.4) is 0 Å². The van der Waals surface area contributed by atoms with Gasteiger partial charge in [-0.2, -0.15) is 5.26 Å². The number of anilines is 1. The molecule has 2 heterocycles. The van der Waals surface area contributed by atoms with Gasteiger partial charge in [-0.3, -0.25) is 0 Å².